The van der Waals surface area contributed by atoms with Crippen molar-refractivity contribution in [1.29, 1.82) is 0 Å². The second-order valence-electron chi connectivity index (χ2n) is 7.15. The maximum atomic E-state index is 13.0. The number of nitrogens with zero attached hydrogens (tertiary/aromatic N) is 2. The molecular weight excluding hydrogens is 434 g/mol. The van der Waals surface area contributed by atoms with Crippen molar-refractivity contribution in [2.75, 3.05) is 7.11 Å². The molecule has 0 saturated carbocycles. The number of hydrogen-bond acceptors (Lipinski definition) is 6. The van der Waals surface area contributed by atoms with Gasteiger partial charge in [0.25, 0.3) is 0 Å². The Morgan fingerprint density at radius 3 is 2.61 bits per heavy atom. The van der Waals surface area contributed by atoms with Gasteiger partial charge in [0.1, 0.15) is 15.7 Å². The Hall–Kier alpha value is -3.17. The van der Waals surface area contributed by atoms with Crippen molar-refractivity contribution in [3.63, 3.8) is 0 Å². The molecular formula is C22H21N3O4S2. The van der Waals surface area contributed by atoms with Gasteiger partial charge in [-0.2, -0.15) is 5.10 Å². The third-order valence-electron chi connectivity index (χ3n) is 4.93. The largest absolute Gasteiger partial charge is 0.496 e. The summed E-state index contributed by atoms with van der Waals surface area (Å²) in [5.41, 5.74) is 7.79. The van der Waals surface area contributed by atoms with E-state index < -0.39 is 15.7 Å². The molecule has 31 heavy (non-hydrogen) atoms. The van der Waals surface area contributed by atoms with E-state index in [1.54, 1.807) is 48.2 Å². The molecule has 0 spiro atoms. The number of amides is 1. The highest BCUT2D eigenvalue weighted by Gasteiger charge is 2.24. The number of rotatable bonds is 7. The average molecular weight is 456 g/mol. The number of carbonyl (C=O) groups is 1. The number of hydrogen-bond donors (Lipinski definition) is 1. The van der Waals surface area contributed by atoms with Crippen molar-refractivity contribution < 1.29 is 17.9 Å². The quantitative estimate of drug-likeness (QED) is 0.459. The number of aromatic nitrogens is 2. The fourth-order valence-corrected chi connectivity index (χ4v) is 6.14. The highest BCUT2D eigenvalue weighted by molar-refractivity contribution is 7.92. The molecule has 2 aromatic heterocycles. The minimum absolute atomic E-state index is 0.238. The lowest BCUT2D eigenvalue weighted by Gasteiger charge is -2.06. The van der Waals surface area contributed by atoms with E-state index in [1.807, 2.05) is 25.1 Å². The zero-order valence-corrected chi connectivity index (χ0v) is 18.7. The van der Waals surface area contributed by atoms with Gasteiger partial charge in [-0.3, -0.25) is 9.48 Å². The Kier molecular flexibility index (Phi) is 5.55. The number of nitrogens with two attached hydrogens (primary N) is 1. The first-order valence-electron chi connectivity index (χ1n) is 9.49. The maximum Gasteiger partial charge on any atom is 0.248 e. The van der Waals surface area contributed by atoms with Gasteiger partial charge in [0.05, 0.1) is 30.3 Å². The van der Waals surface area contributed by atoms with Crippen LogP contribution in [0.2, 0.25) is 0 Å². The third kappa shape index (κ3) is 4.19. The molecule has 4 aromatic rings. The Balaban J connectivity index is 1.80. The van der Waals surface area contributed by atoms with Gasteiger partial charge in [-0.1, -0.05) is 18.2 Å². The van der Waals surface area contributed by atoms with Crippen LogP contribution in [0.3, 0.4) is 0 Å². The van der Waals surface area contributed by atoms with E-state index in [9.17, 15) is 13.2 Å². The predicted molar refractivity (Wildman–Crippen MR) is 120 cm³/mol. The number of benzene rings is 2. The molecule has 0 bridgehead atoms. The minimum atomic E-state index is -3.56. The van der Waals surface area contributed by atoms with Gasteiger partial charge in [-0.15, -0.1) is 11.3 Å². The molecule has 160 valence electrons. The van der Waals surface area contributed by atoms with E-state index in [0.29, 0.717) is 33.1 Å². The molecule has 0 fully saturated rings. The summed E-state index contributed by atoms with van der Waals surface area (Å²) >= 11 is 1.25. The zero-order chi connectivity index (χ0) is 22.2. The van der Waals surface area contributed by atoms with Gasteiger partial charge < -0.3 is 10.5 Å². The lowest BCUT2D eigenvalue weighted by atomic mass is 10.1. The third-order valence-corrected chi connectivity index (χ3v) is 8.13. The fraction of sp³-hybridized carbons (Fsp3) is 0.182. The van der Waals surface area contributed by atoms with Gasteiger partial charge in [0.15, 0.2) is 9.84 Å². The van der Waals surface area contributed by atoms with Crippen molar-refractivity contribution in [3.8, 4) is 5.75 Å². The highest BCUT2D eigenvalue weighted by atomic mass is 32.2. The van der Waals surface area contributed by atoms with E-state index in [0.717, 1.165) is 16.0 Å². The van der Waals surface area contributed by atoms with Crippen LogP contribution in [0.15, 0.2) is 58.8 Å². The molecule has 2 N–H and O–H groups in total. The van der Waals surface area contributed by atoms with Gasteiger partial charge in [0, 0.05) is 10.4 Å². The lowest BCUT2D eigenvalue weighted by Crippen LogP contribution is -2.12. The van der Waals surface area contributed by atoms with Crippen LogP contribution in [-0.2, 0) is 22.1 Å². The van der Waals surface area contributed by atoms with E-state index in [2.05, 4.69) is 5.10 Å². The van der Waals surface area contributed by atoms with Crippen LogP contribution in [-0.4, -0.2) is 31.2 Å². The molecule has 0 radical (unpaired) electrons. The van der Waals surface area contributed by atoms with Crippen molar-refractivity contribution in [1.82, 2.24) is 9.78 Å². The van der Waals surface area contributed by atoms with E-state index in [1.165, 1.54) is 11.3 Å². The normalized spacial score (nSPS) is 11.7. The second-order valence-corrected chi connectivity index (χ2v) is 10.7. The molecule has 7 nitrogen and oxygen atoms in total. The molecule has 0 aliphatic carbocycles. The molecule has 0 aliphatic rings. The van der Waals surface area contributed by atoms with Crippen LogP contribution >= 0.6 is 11.3 Å². The SMILES string of the molecule is COc1cccc2c1c(CS(=O)(=O)c1ccc(C)s1)nn2Cc1cccc(C(N)=O)c1. The second kappa shape index (κ2) is 8.16. The van der Waals surface area contributed by atoms with E-state index in [4.69, 9.17) is 10.5 Å². The Labute approximate surface area is 184 Å². The van der Waals surface area contributed by atoms with Gasteiger partial charge in [-0.05, 0) is 48.9 Å². The Morgan fingerprint density at radius 1 is 1.16 bits per heavy atom. The number of fused-ring (bicyclic) bond motifs is 1. The molecule has 9 heteroatoms. The first-order chi connectivity index (χ1) is 14.8. The molecule has 2 aromatic carbocycles. The summed E-state index contributed by atoms with van der Waals surface area (Å²) in [7, 11) is -2.02. The topological polar surface area (TPSA) is 104 Å². The number of carbonyl (C=O) groups excluding carboxylic acids is 1. The number of ether oxygens (including phenoxy) is 1. The van der Waals surface area contributed by atoms with Gasteiger partial charge in [-0.25, -0.2) is 8.42 Å². The molecule has 0 saturated heterocycles. The Bertz CT molecular complexity index is 1390. The summed E-state index contributed by atoms with van der Waals surface area (Å²) in [6.45, 7) is 2.22. The monoisotopic (exact) mass is 455 g/mol. The summed E-state index contributed by atoms with van der Waals surface area (Å²) in [5, 5.41) is 5.29. The molecule has 0 aliphatic heterocycles. The number of aryl methyl sites for hydroxylation is 1. The zero-order valence-electron chi connectivity index (χ0n) is 17.0. The number of primary amides is 1. The summed E-state index contributed by atoms with van der Waals surface area (Å²) < 4.78 is 33.6. The van der Waals surface area contributed by atoms with E-state index >= 15 is 0 Å². The Morgan fingerprint density at radius 2 is 1.94 bits per heavy atom. The number of sulfone groups is 1. The van der Waals surface area contributed by atoms with Crippen LogP contribution < -0.4 is 10.5 Å². The summed E-state index contributed by atoms with van der Waals surface area (Å²) in [6.07, 6.45) is 0. The van der Waals surface area contributed by atoms with Crippen molar-refractivity contribution in [2.24, 2.45) is 5.73 Å². The van der Waals surface area contributed by atoms with Crippen molar-refractivity contribution in [3.05, 3.63) is 76.3 Å². The lowest BCUT2D eigenvalue weighted by molar-refractivity contribution is 0.1000. The molecule has 1 amide bonds. The van der Waals surface area contributed by atoms with Crippen molar-refractivity contribution >= 4 is 38.0 Å². The van der Waals surface area contributed by atoms with Crippen LogP contribution in [0.4, 0.5) is 0 Å². The first kappa shape index (κ1) is 21.1. The van der Waals surface area contributed by atoms with Crippen LogP contribution in [0, 0.1) is 6.92 Å². The first-order valence-corrected chi connectivity index (χ1v) is 12.0. The van der Waals surface area contributed by atoms with Crippen LogP contribution in [0.25, 0.3) is 10.9 Å². The molecule has 0 unspecified atom stereocenters. The standard InChI is InChI=1S/C22H21N3O4S2/c1-14-9-10-20(30-14)31(27,28)13-17-21-18(7-4-8-19(21)29-2)25(24-17)12-15-5-3-6-16(11-15)22(23)26/h3-11H,12-13H2,1-2H3,(H2,23,26). The van der Waals surface area contributed by atoms with Gasteiger partial charge in [0.2, 0.25) is 5.91 Å². The minimum Gasteiger partial charge on any atom is -0.496 e. The van der Waals surface area contributed by atoms with E-state index in [-0.39, 0.29) is 5.75 Å². The smallest absolute Gasteiger partial charge is 0.248 e. The summed E-state index contributed by atoms with van der Waals surface area (Å²) in [4.78, 5) is 12.4. The maximum absolute atomic E-state index is 13.0. The molecule has 4 rings (SSSR count). The van der Waals surface area contributed by atoms with Crippen LogP contribution in [0.5, 0.6) is 5.75 Å². The molecule has 2 heterocycles. The number of thiophene rings is 1. The summed E-state index contributed by atoms with van der Waals surface area (Å²) in [5.74, 6) is -0.188. The van der Waals surface area contributed by atoms with Crippen molar-refractivity contribution in [2.45, 2.75) is 23.4 Å². The fourth-order valence-electron chi connectivity index (χ4n) is 3.49. The van der Waals surface area contributed by atoms with Gasteiger partial charge >= 0.3 is 0 Å². The summed E-state index contributed by atoms with van der Waals surface area (Å²) in [6, 6.07) is 15.9. The molecule has 0 atom stereocenters. The van der Waals surface area contributed by atoms with Crippen LogP contribution in [0.1, 0.15) is 26.5 Å². The average Bonchev–Trinajstić information content (AvgIpc) is 3.32. The highest BCUT2D eigenvalue weighted by Crippen LogP contribution is 2.32. The predicted octanol–water partition coefficient (Wildman–Crippen LogP) is 3.54. The number of methoxy groups -OCH3 is 1.